The molecule has 0 fully saturated rings. The molecule has 174 valence electrons. The van der Waals surface area contributed by atoms with Crippen molar-refractivity contribution in [3.8, 4) is 0 Å². The lowest BCUT2D eigenvalue weighted by atomic mass is 10.0. The molecular formula is C24H43NO5. The summed E-state index contributed by atoms with van der Waals surface area (Å²) in [5, 5.41) is 9.40. The fourth-order valence-electron chi connectivity index (χ4n) is 3.11. The third-order valence-electron chi connectivity index (χ3n) is 4.47. The highest BCUT2D eigenvalue weighted by molar-refractivity contribution is 5.69. The van der Waals surface area contributed by atoms with Gasteiger partial charge in [0.1, 0.15) is 12.2 Å². The first kappa shape index (κ1) is 28.2. The van der Waals surface area contributed by atoms with Gasteiger partial charge in [0.15, 0.2) is 0 Å². The van der Waals surface area contributed by atoms with Crippen molar-refractivity contribution in [3.05, 3.63) is 24.8 Å². The van der Waals surface area contributed by atoms with E-state index in [2.05, 4.69) is 25.7 Å². The van der Waals surface area contributed by atoms with Gasteiger partial charge in [0.25, 0.3) is 0 Å². The monoisotopic (exact) mass is 425 g/mol. The van der Waals surface area contributed by atoms with Crippen LogP contribution in [0.25, 0.3) is 0 Å². The molecule has 0 saturated heterocycles. The zero-order chi connectivity index (χ0) is 22.8. The summed E-state index contributed by atoms with van der Waals surface area (Å²) in [5.41, 5.74) is -0.547. The zero-order valence-electron chi connectivity index (χ0n) is 19.5. The highest BCUT2D eigenvalue weighted by Crippen LogP contribution is 2.19. The van der Waals surface area contributed by atoms with Gasteiger partial charge in [-0.25, -0.2) is 4.79 Å². The fourth-order valence-corrected chi connectivity index (χ4v) is 3.11. The lowest BCUT2D eigenvalue weighted by molar-refractivity contribution is -0.142. The van der Waals surface area contributed by atoms with E-state index in [9.17, 15) is 14.7 Å². The van der Waals surface area contributed by atoms with E-state index in [0.29, 0.717) is 13.0 Å². The Kier molecular flexibility index (Phi) is 15.9. The smallest absolute Gasteiger partial charge is 0.410 e. The first-order valence-corrected chi connectivity index (χ1v) is 11.3. The molecule has 0 aliphatic carbocycles. The predicted molar refractivity (Wildman–Crippen MR) is 121 cm³/mol. The maximum absolute atomic E-state index is 12.6. The van der Waals surface area contributed by atoms with Crippen LogP contribution in [0.1, 0.15) is 85.5 Å². The summed E-state index contributed by atoms with van der Waals surface area (Å²) in [6.45, 7) is 11.7. The van der Waals surface area contributed by atoms with Crippen molar-refractivity contribution < 1.29 is 24.2 Å². The third-order valence-corrected chi connectivity index (χ3v) is 4.47. The molecule has 0 bridgehead atoms. The molecule has 1 atom stereocenters. The van der Waals surface area contributed by atoms with Gasteiger partial charge in [0.05, 0.1) is 6.61 Å². The molecule has 0 aromatic carbocycles. The van der Waals surface area contributed by atoms with Gasteiger partial charge in [0.2, 0.25) is 0 Å². The van der Waals surface area contributed by atoms with E-state index >= 15 is 0 Å². The second-order valence-corrected chi connectivity index (χ2v) is 8.46. The standard InChI is InChI=1S/C24H43NO5/c1-6-15-21(25(18-19-26)23(28)30-24(3,4)5)16-13-11-9-8-10-12-14-17-22(27)29-20-7-2/h7-8,10,21,26H,2,6,9,11-20H2,1,3-5H3/b10-8-/t21-/m0/s1. The molecule has 1 amide bonds. The Balaban J connectivity index is 4.28. The quantitative estimate of drug-likeness (QED) is 0.203. The number of ether oxygens (including phenoxy) is 2. The van der Waals surface area contributed by atoms with Gasteiger partial charge in [-0.05, 0) is 59.3 Å². The van der Waals surface area contributed by atoms with E-state index in [-0.39, 0.29) is 31.3 Å². The lowest BCUT2D eigenvalue weighted by Crippen LogP contribution is -2.44. The molecule has 0 unspecified atom stereocenters. The third kappa shape index (κ3) is 15.1. The van der Waals surface area contributed by atoms with Gasteiger partial charge >= 0.3 is 12.1 Å². The summed E-state index contributed by atoms with van der Waals surface area (Å²) in [5.74, 6) is -0.178. The van der Waals surface area contributed by atoms with Crippen molar-refractivity contribution in [1.82, 2.24) is 4.90 Å². The molecule has 0 saturated carbocycles. The first-order valence-electron chi connectivity index (χ1n) is 11.3. The Bertz CT molecular complexity index is 510. The number of unbranched alkanes of at least 4 members (excludes halogenated alkanes) is 3. The summed E-state index contributed by atoms with van der Waals surface area (Å²) in [6, 6.07) is 0.0857. The van der Waals surface area contributed by atoms with Crippen LogP contribution >= 0.6 is 0 Å². The average Bonchev–Trinajstić information content (AvgIpc) is 2.67. The SMILES string of the molecule is C=CCOC(=O)CCC/C=C\CCCC[C@H](CCC)N(CCO)C(=O)OC(C)(C)C. The number of carbonyl (C=O) groups excluding carboxylic acids is 2. The van der Waals surface area contributed by atoms with Crippen molar-refractivity contribution in [2.45, 2.75) is 97.1 Å². The summed E-state index contributed by atoms with van der Waals surface area (Å²) >= 11 is 0. The highest BCUT2D eigenvalue weighted by Gasteiger charge is 2.27. The number of nitrogens with zero attached hydrogens (tertiary/aromatic N) is 1. The zero-order valence-corrected chi connectivity index (χ0v) is 19.5. The Morgan fingerprint density at radius 2 is 1.77 bits per heavy atom. The minimum absolute atomic E-state index is 0.0661. The van der Waals surface area contributed by atoms with Crippen molar-refractivity contribution in [3.63, 3.8) is 0 Å². The van der Waals surface area contributed by atoms with Crippen molar-refractivity contribution >= 4 is 12.1 Å². The Hall–Kier alpha value is -1.82. The molecule has 6 nitrogen and oxygen atoms in total. The minimum Gasteiger partial charge on any atom is -0.461 e. The normalized spacial score (nSPS) is 12.6. The van der Waals surface area contributed by atoms with Crippen molar-refractivity contribution in [2.75, 3.05) is 19.8 Å². The summed E-state index contributed by atoms with van der Waals surface area (Å²) in [6.07, 6.45) is 13.4. The van der Waals surface area contributed by atoms with Crippen LogP contribution in [0.5, 0.6) is 0 Å². The number of aliphatic hydroxyl groups is 1. The molecule has 0 rings (SSSR count). The first-order chi connectivity index (χ1) is 14.2. The van der Waals surface area contributed by atoms with E-state index in [1.165, 1.54) is 0 Å². The molecule has 0 spiro atoms. The second kappa shape index (κ2) is 16.9. The number of carbonyl (C=O) groups is 2. The van der Waals surface area contributed by atoms with Crippen LogP contribution in [-0.2, 0) is 14.3 Å². The van der Waals surface area contributed by atoms with Crippen LogP contribution in [0, 0.1) is 0 Å². The van der Waals surface area contributed by atoms with E-state index < -0.39 is 5.60 Å². The molecule has 30 heavy (non-hydrogen) atoms. The molecule has 0 aliphatic rings. The molecule has 0 heterocycles. The minimum atomic E-state index is -0.547. The van der Waals surface area contributed by atoms with Crippen molar-refractivity contribution in [1.29, 1.82) is 0 Å². The number of rotatable bonds is 16. The van der Waals surface area contributed by atoms with E-state index in [0.717, 1.165) is 51.4 Å². The molecule has 0 aromatic heterocycles. The van der Waals surface area contributed by atoms with E-state index in [4.69, 9.17) is 9.47 Å². The Morgan fingerprint density at radius 1 is 1.10 bits per heavy atom. The maximum Gasteiger partial charge on any atom is 0.410 e. The Labute approximate surface area is 183 Å². The van der Waals surface area contributed by atoms with Crippen LogP contribution in [0.15, 0.2) is 24.8 Å². The van der Waals surface area contributed by atoms with Gasteiger partial charge in [0, 0.05) is 19.0 Å². The highest BCUT2D eigenvalue weighted by atomic mass is 16.6. The van der Waals surface area contributed by atoms with Crippen LogP contribution in [0.2, 0.25) is 0 Å². The van der Waals surface area contributed by atoms with Crippen LogP contribution < -0.4 is 0 Å². The van der Waals surface area contributed by atoms with Gasteiger partial charge in [-0.1, -0.05) is 44.6 Å². The van der Waals surface area contributed by atoms with Gasteiger partial charge in [-0.2, -0.15) is 0 Å². The maximum atomic E-state index is 12.6. The average molecular weight is 426 g/mol. The fraction of sp³-hybridized carbons (Fsp3) is 0.750. The molecule has 1 N–H and O–H groups in total. The predicted octanol–water partition coefficient (Wildman–Crippen LogP) is 5.40. The molecule has 6 heteroatoms. The molecule has 0 radical (unpaired) electrons. The molecule has 0 aromatic rings. The van der Waals surface area contributed by atoms with Gasteiger partial charge in [-0.15, -0.1) is 0 Å². The number of hydrogen-bond acceptors (Lipinski definition) is 5. The number of aliphatic hydroxyl groups excluding tert-OH is 1. The number of hydrogen-bond donors (Lipinski definition) is 1. The topological polar surface area (TPSA) is 76.1 Å². The van der Waals surface area contributed by atoms with Crippen molar-refractivity contribution in [2.24, 2.45) is 0 Å². The van der Waals surface area contributed by atoms with Crippen LogP contribution in [0.4, 0.5) is 4.79 Å². The summed E-state index contributed by atoms with van der Waals surface area (Å²) in [7, 11) is 0. The van der Waals surface area contributed by atoms with E-state index in [1.54, 1.807) is 11.0 Å². The summed E-state index contributed by atoms with van der Waals surface area (Å²) in [4.78, 5) is 25.6. The second-order valence-electron chi connectivity index (χ2n) is 8.46. The van der Waals surface area contributed by atoms with Gasteiger partial charge < -0.3 is 19.5 Å². The number of esters is 1. The van der Waals surface area contributed by atoms with Crippen LogP contribution in [0.3, 0.4) is 0 Å². The molecule has 0 aliphatic heterocycles. The van der Waals surface area contributed by atoms with Gasteiger partial charge in [-0.3, -0.25) is 4.79 Å². The largest absolute Gasteiger partial charge is 0.461 e. The van der Waals surface area contributed by atoms with Crippen LogP contribution in [-0.4, -0.2) is 53.5 Å². The van der Waals surface area contributed by atoms with E-state index in [1.807, 2.05) is 20.8 Å². The lowest BCUT2D eigenvalue weighted by Gasteiger charge is -2.33. The summed E-state index contributed by atoms with van der Waals surface area (Å²) < 4.78 is 10.5. The number of allylic oxidation sites excluding steroid dienone is 2. The number of amides is 1. The molecular weight excluding hydrogens is 382 g/mol. The Morgan fingerprint density at radius 3 is 2.33 bits per heavy atom.